The van der Waals surface area contributed by atoms with E-state index in [0.717, 1.165) is 18.2 Å². The van der Waals surface area contributed by atoms with E-state index >= 15 is 0 Å². The summed E-state index contributed by atoms with van der Waals surface area (Å²) in [6.07, 6.45) is -5.16. The van der Waals surface area contributed by atoms with Crippen LogP contribution in [0, 0.1) is 5.82 Å². The number of benzene rings is 1. The average Bonchev–Trinajstić information content (AvgIpc) is 3.00. The first-order chi connectivity index (χ1) is 13.3. The molecule has 6 nitrogen and oxygen atoms in total. The number of halogens is 5. The average molecular weight is 434 g/mol. The smallest absolute Gasteiger partial charge is 0.424 e. The van der Waals surface area contributed by atoms with Crippen molar-refractivity contribution in [1.82, 2.24) is 4.98 Å². The highest BCUT2D eigenvalue weighted by atomic mass is 35.5. The fraction of sp³-hybridized carbons (Fsp3) is 0.333. The zero-order valence-corrected chi connectivity index (χ0v) is 15.7. The van der Waals surface area contributed by atoms with Crippen LogP contribution in [0.1, 0.15) is 18.2 Å². The van der Waals surface area contributed by atoms with Crippen molar-refractivity contribution in [2.24, 2.45) is 11.5 Å². The van der Waals surface area contributed by atoms with Gasteiger partial charge in [0.05, 0.1) is 10.7 Å². The van der Waals surface area contributed by atoms with Crippen LogP contribution in [0.2, 0.25) is 5.02 Å². The number of amides is 1. The highest BCUT2D eigenvalue weighted by Crippen LogP contribution is 2.47. The van der Waals surface area contributed by atoms with Gasteiger partial charge in [-0.25, -0.2) is 9.37 Å². The lowest BCUT2D eigenvalue weighted by Gasteiger charge is -2.30. The van der Waals surface area contributed by atoms with Gasteiger partial charge < -0.3 is 21.3 Å². The molecule has 5 N–H and O–H groups in total. The number of hydrogen-bond donors (Lipinski definition) is 3. The van der Waals surface area contributed by atoms with Crippen molar-refractivity contribution in [2.45, 2.75) is 24.1 Å². The minimum absolute atomic E-state index is 0.00146. The van der Waals surface area contributed by atoms with Crippen molar-refractivity contribution >= 4 is 17.5 Å². The number of carbonyl (C=O) groups is 1. The van der Waals surface area contributed by atoms with Crippen LogP contribution in [-0.4, -0.2) is 35.3 Å². The van der Waals surface area contributed by atoms with Gasteiger partial charge >= 0.3 is 6.18 Å². The van der Waals surface area contributed by atoms with Crippen LogP contribution < -0.4 is 16.2 Å². The molecule has 3 rings (SSSR count). The Bertz CT molecular complexity index is 1000. The number of nitrogens with zero attached hydrogens (tertiary/aromatic N) is 1. The molecule has 1 aromatic heterocycles. The second-order valence-electron chi connectivity index (χ2n) is 6.91. The van der Waals surface area contributed by atoms with E-state index in [-0.39, 0.29) is 34.2 Å². The van der Waals surface area contributed by atoms with Crippen LogP contribution in [0.15, 0.2) is 24.3 Å². The predicted octanol–water partition coefficient (Wildman–Crippen LogP) is 2.39. The van der Waals surface area contributed by atoms with Crippen LogP contribution in [0.25, 0.3) is 11.3 Å². The molecule has 156 valence electrons. The molecule has 0 saturated carbocycles. The van der Waals surface area contributed by atoms with Crippen LogP contribution in [0.4, 0.5) is 17.6 Å². The summed E-state index contributed by atoms with van der Waals surface area (Å²) in [5.74, 6) is -1.61. The van der Waals surface area contributed by atoms with Gasteiger partial charge in [0.1, 0.15) is 29.3 Å². The van der Waals surface area contributed by atoms with Gasteiger partial charge in [-0.05, 0) is 31.2 Å². The highest BCUT2D eigenvalue weighted by molar-refractivity contribution is 6.31. The highest BCUT2D eigenvalue weighted by Gasteiger charge is 2.56. The van der Waals surface area contributed by atoms with Crippen LogP contribution in [-0.2, 0) is 15.8 Å². The second kappa shape index (κ2) is 6.82. The first-order valence-corrected chi connectivity index (χ1v) is 8.66. The number of primary amides is 1. The molecule has 1 aromatic carbocycles. The molecule has 0 bridgehead atoms. The molecular weight excluding hydrogens is 418 g/mol. The maximum Gasteiger partial charge on any atom is 0.424 e. The first kappa shape index (κ1) is 21.3. The number of rotatable bonds is 4. The van der Waals surface area contributed by atoms with E-state index in [1.54, 1.807) is 0 Å². The van der Waals surface area contributed by atoms with Crippen molar-refractivity contribution < 1.29 is 32.2 Å². The topological polar surface area (TPSA) is 111 Å². The van der Waals surface area contributed by atoms with Gasteiger partial charge in [-0.3, -0.25) is 4.79 Å². The van der Waals surface area contributed by atoms with Crippen molar-refractivity contribution in [1.29, 1.82) is 0 Å². The number of carbonyl (C=O) groups excluding carboxylic acids is 1. The van der Waals surface area contributed by atoms with Gasteiger partial charge in [0.2, 0.25) is 11.5 Å². The lowest BCUT2D eigenvalue weighted by molar-refractivity contribution is -0.263. The molecule has 2 heterocycles. The van der Waals surface area contributed by atoms with E-state index in [1.807, 2.05) is 0 Å². The Hall–Kier alpha value is -2.43. The lowest BCUT2D eigenvalue weighted by atomic mass is 9.82. The molecule has 2 atom stereocenters. The standard InChI is InChI=1S/C18H16ClF4N3O3/c1-16(15(25)27)7-29-14-9(16)5-12(17(28,6-24)18(21,22)23)26-13(14)8-2-3-11(20)10(19)4-8/h2-5,28H,6-7,24H2,1H3,(H2,25,27)/t16-,17-/m0/s1. The number of aliphatic hydroxyl groups is 1. The van der Waals surface area contributed by atoms with E-state index in [9.17, 15) is 27.5 Å². The summed E-state index contributed by atoms with van der Waals surface area (Å²) in [5.41, 5.74) is 4.79. The van der Waals surface area contributed by atoms with Crippen LogP contribution >= 0.6 is 11.6 Å². The molecule has 0 saturated heterocycles. The normalized spacial score (nSPS) is 20.7. The monoisotopic (exact) mass is 433 g/mol. The molecule has 29 heavy (non-hydrogen) atoms. The molecule has 11 heteroatoms. The maximum atomic E-state index is 13.6. The van der Waals surface area contributed by atoms with Crippen molar-refractivity contribution in [3.05, 3.63) is 46.4 Å². The van der Waals surface area contributed by atoms with Gasteiger partial charge in [-0.15, -0.1) is 0 Å². The Morgan fingerprint density at radius 2 is 2.03 bits per heavy atom. The molecule has 0 spiro atoms. The summed E-state index contributed by atoms with van der Waals surface area (Å²) in [6.45, 7) is -0.0840. The van der Waals surface area contributed by atoms with Gasteiger partial charge in [-0.1, -0.05) is 11.6 Å². The van der Waals surface area contributed by atoms with Crippen molar-refractivity contribution in [3.63, 3.8) is 0 Å². The zero-order valence-electron chi connectivity index (χ0n) is 15.0. The van der Waals surface area contributed by atoms with Crippen molar-refractivity contribution in [2.75, 3.05) is 13.2 Å². The largest absolute Gasteiger partial charge is 0.489 e. The van der Waals surface area contributed by atoms with Crippen LogP contribution in [0.5, 0.6) is 5.75 Å². The van der Waals surface area contributed by atoms with E-state index in [0.29, 0.717) is 0 Å². The molecule has 1 amide bonds. The third-order valence-corrected chi connectivity index (χ3v) is 5.29. The number of pyridine rings is 1. The Morgan fingerprint density at radius 3 is 2.55 bits per heavy atom. The van der Waals surface area contributed by atoms with Crippen molar-refractivity contribution in [3.8, 4) is 17.0 Å². The molecular formula is C18H16ClF4N3O3. The minimum Gasteiger partial charge on any atom is -0.489 e. The number of hydrogen-bond acceptors (Lipinski definition) is 5. The summed E-state index contributed by atoms with van der Waals surface area (Å²) in [5, 5.41) is 9.98. The van der Waals surface area contributed by atoms with Gasteiger partial charge in [0, 0.05) is 17.7 Å². The van der Waals surface area contributed by atoms with E-state index in [1.165, 1.54) is 13.0 Å². The molecule has 2 aromatic rings. The maximum absolute atomic E-state index is 13.6. The minimum atomic E-state index is -5.16. The third-order valence-electron chi connectivity index (χ3n) is 5.00. The summed E-state index contributed by atoms with van der Waals surface area (Å²) in [4.78, 5) is 15.9. The number of nitrogens with two attached hydrogens (primary N) is 2. The Morgan fingerprint density at radius 1 is 1.38 bits per heavy atom. The Kier molecular flexibility index (Phi) is 5.01. The zero-order chi connectivity index (χ0) is 21.8. The Balaban J connectivity index is 2.36. The Labute approximate surface area is 167 Å². The fourth-order valence-corrected chi connectivity index (χ4v) is 3.18. The summed E-state index contributed by atoms with van der Waals surface area (Å²) in [6, 6.07) is 4.27. The van der Waals surface area contributed by atoms with Gasteiger partial charge in [0.25, 0.3) is 0 Å². The predicted molar refractivity (Wildman–Crippen MR) is 95.7 cm³/mol. The van der Waals surface area contributed by atoms with Gasteiger partial charge in [0.15, 0.2) is 0 Å². The molecule has 0 radical (unpaired) electrons. The summed E-state index contributed by atoms with van der Waals surface area (Å²) >= 11 is 5.78. The molecule has 1 aliphatic heterocycles. The lowest BCUT2D eigenvalue weighted by Crippen LogP contribution is -2.49. The molecule has 0 unspecified atom stereocenters. The summed E-state index contributed by atoms with van der Waals surface area (Å²) < 4.78 is 59.8. The fourth-order valence-electron chi connectivity index (χ4n) is 3.00. The van der Waals surface area contributed by atoms with Gasteiger partial charge in [-0.2, -0.15) is 13.2 Å². The van der Waals surface area contributed by atoms with E-state index in [4.69, 9.17) is 27.8 Å². The number of ether oxygens (including phenoxy) is 1. The quantitative estimate of drug-likeness (QED) is 0.641. The second-order valence-corrected chi connectivity index (χ2v) is 7.32. The SMILES string of the molecule is C[C@]1(C(N)=O)COc2c1cc([C@@](O)(CN)C(F)(F)F)nc2-c1ccc(F)c(Cl)c1. The van der Waals surface area contributed by atoms with Crippen LogP contribution in [0.3, 0.4) is 0 Å². The molecule has 1 aliphatic rings. The first-order valence-electron chi connectivity index (χ1n) is 8.28. The number of fused-ring (bicyclic) bond motifs is 1. The molecule has 0 aliphatic carbocycles. The third kappa shape index (κ3) is 3.21. The van der Waals surface area contributed by atoms with E-state index in [2.05, 4.69) is 4.98 Å². The number of aromatic nitrogens is 1. The number of alkyl halides is 3. The van der Waals surface area contributed by atoms with E-state index < -0.39 is 41.2 Å². The summed E-state index contributed by atoms with van der Waals surface area (Å²) in [7, 11) is 0. The molecule has 0 fully saturated rings.